The van der Waals surface area contributed by atoms with Crippen LogP contribution in [0.1, 0.15) is 22.8 Å². The Labute approximate surface area is 129 Å². The van der Waals surface area contributed by atoms with E-state index in [4.69, 9.17) is 0 Å². The van der Waals surface area contributed by atoms with Crippen LogP contribution in [0.4, 0.5) is 5.69 Å². The zero-order valence-electron chi connectivity index (χ0n) is 11.8. The molecule has 0 fully saturated rings. The van der Waals surface area contributed by atoms with Gasteiger partial charge in [-0.25, -0.2) is 4.79 Å². The van der Waals surface area contributed by atoms with Crippen LogP contribution >= 0.6 is 15.9 Å². The number of rotatable bonds is 3. The molecule has 1 amide bonds. The van der Waals surface area contributed by atoms with E-state index in [2.05, 4.69) is 20.7 Å². The van der Waals surface area contributed by atoms with Gasteiger partial charge in [0.2, 0.25) is 0 Å². The van der Waals surface area contributed by atoms with E-state index >= 15 is 0 Å². The number of anilines is 1. The number of methoxy groups -OCH3 is 1. The van der Waals surface area contributed by atoms with Crippen LogP contribution in [0.3, 0.4) is 0 Å². The van der Waals surface area contributed by atoms with Gasteiger partial charge in [0.05, 0.1) is 24.9 Å². The lowest BCUT2D eigenvalue weighted by Gasteiger charge is -2.27. The summed E-state index contributed by atoms with van der Waals surface area (Å²) in [5.41, 5.74) is -0.532. The number of hydrogen-bond donors (Lipinski definition) is 1. The Morgan fingerprint density at radius 1 is 1.43 bits per heavy atom. The average Bonchev–Trinajstić information content (AvgIpc) is 2.63. The van der Waals surface area contributed by atoms with Gasteiger partial charge in [-0.15, -0.1) is 0 Å². The van der Waals surface area contributed by atoms with Crippen molar-refractivity contribution in [1.82, 2.24) is 0 Å². The van der Waals surface area contributed by atoms with E-state index in [-0.39, 0.29) is 12.1 Å². The number of β-amino-alcohol motifs (C(OH)–C–C–N with tert-alkyl or cyclic N) is 1. The topological polar surface area (TPSA) is 83.9 Å². The number of carbonyl (C=O) groups excluding carboxylic acids is 3. The number of ether oxygens (including phenoxy) is 1. The van der Waals surface area contributed by atoms with Crippen molar-refractivity contribution in [2.75, 3.05) is 18.6 Å². The maximum atomic E-state index is 12.1. The molecule has 0 saturated carbocycles. The molecule has 0 spiro atoms. The van der Waals surface area contributed by atoms with Crippen molar-refractivity contribution in [2.45, 2.75) is 19.4 Å². The molecule has 1 aliphatic heterocycles. The number of esters is 1. The van der Waals surface area contributed by atoms with Crippen LogP contribution in [0.2, 0.25) is 0 Å². The molecule has 1 aromatic rings. The molecule has 7 heteroatoms. The summed E-state index contributed by atoms with van der Waals surface area (Å²) in [5, 5.41) is 10.1. The second kappa shape index (κ2) is 5.23. The zero-order chi connectivity index (χ0) is 15.9. The smallest absolute Gasteiger partial charge is 0.339 e. The van der Waals surface area contributed by atoms with Crippen molar-refractivity contribution in [2.24, 2.45) is 0 Å². The lowest BCUT2D eigenvalue weighted by Crippen LogP contribution is -2.49. The Balaban J connectivity index is 2.47. The van der Waals surface area contributed by atoms with Gasteiger partial charge in [-0.05, 0) is 31.5 Å². The fraction of sp³-hybridized carbons (Fsp3) is 0.357. The number of fused-ring (bicyclic) bond motifs is 1. The third-order valence-corrected chi connectivity index (χ3v) is 3.77. The summed E-state index contributed by atoms with van der Waals surface area (Å²) in [7, 11) is 1.14. The largest absolute Gasteiger partial charge is 0.467 e. The Hall–Kier alpha value is -1.73. The summed E-state index contributed by atoms with van der Waals surface area (Å²) in [5.74, 6) is -2.29. The van der Waals surface area contributed by atoms with E-state index in [0.717, 1.165) is 12.0 Å². The minimum absolute atomic E-state index is 0.257. The summed E-state index contributed by atoms with van der Waals surface area (Å²) in [4.78, 5) is 36.8. The Bertz CT molecular complexity index is 653. The van der Waals surface area contributed by atoms with Gasteiger partial charge < -0.3 is 14.7 Å². The van der Waals surface area contributed by atoms with Crippen molar-refractivity contribution >= 4 is 39.3 Å². The molecule has 0 aliphatic carbocycles. The van der Waals surface area contributed by atoms with E-state index in [0.29, 0.717) is 15.7 Å². The highest BCUT2D eigenvalue weighted by Gasteiger charge is 2.43. The summed E-state index contributed by atoms with van der Waals surface area (Å²) in [6.07, 6.45) is 0. The van der Waals surface area contributed by atoms with Gasteiger partial charge in [0, 0.05) is 4.47 Å². The summed E-state index contributed by atoms with van der Waals surface area (Å²) in [6.45, 7) is 2.64. The van der Waals surface area contributed by atoms with E-state index in [1.165, 1.54) is 6.92 Å². The lowest BCUT2D eigenvalue weighted by atomic mass is 10.1. The third kappa shape index (κ3) is 2.58. The number of ketones is 1. The minimum atomic E-state index is -1.90. The number of aryl methyl sites for hydroxylation is 1. The standard InChI is InChI=1S/C14H14BrNO5/c1-7-4-8(15)5-9-10(7)16(12(18)11(9)17)6-14(2,20)13(19)21-3/h4-5,20H,6H2,1-3H3. The Morgan fingerprint density at radius 2 is 2.05 bits per heavy atom. The SMILES string of the molecule is COC(=O)C(C)(O)CN1C(=O)C(=O)c2cc(Br)cc(C)c21. The number of carbonyl (C=O) groups is 3. The van der Waals surface area contributed by atoms with Crippen LogP contribution in [-0.4, -0.2) is 42.0 Å². The average molecular weight is 356 g/mol. The summed E-state index contributed by atoms with van der Waals surface area (Å²) in [6, 6.07) is 3.31. The molecule has 1 unspecified atom stereocenters. The van der Waals surface area contributed by atoms with Gasteiger partial charge in [-0.2, -0.15) is 0 Å². The molecule has 0 saturated heterocycles. The molecule has 1 atom stereocenters. The molecular weight excluding hydrogens is 342 g/mol. The monoisotopic (exact) mass is 355 g/mol. The predicted octanol–water partition coefficient (Wildman–Crippen LogP) is 1.21. The first kappa shape index (κ1) is 15.7. The first-order valence-electron chi connectivity index (χ1n) is 6.16. The third-order valence-electron chi connectivity index (χ3n) is 3.31. The molecular formula is C14H14BrNO5. The molecule has 2 rings (SSSR count). The molecule has 112 valence electrons. The quantitative estimate of drug-likeness (QED) is 0.650. The van der Waals surface area contributed by atoms with E-state index in [1.54, 1.807) is 19.1 Å². The summed E-state index contributed by atoms with van der Waals surface area (Å²) >= 11 is 3.27. The van der Waals surface area contributed by atoms with E-state index < -0.39 is 23.3 Å². The van der Waals surface area contributed by atoms with Gasteiger partial charge in [-0.3, -0.25) is 9.59 Å². The fourth-order valence-electron chi connectivity index (χ4n) is 2.35. The lowest BCUT2D eigenvalue weighted by molar-refractivity contribution is -0.159. The summed E-state index contributed by atoms with van der Waals surface area (Å²) < 4.78 is 5.19. The first-order valence-corrected chi connectivity index (χ1v) is 6.95. The highest BCUT2D eigenvalue weighted by atomic mass is 79.9. The number of benzene rings is 1. The van der Waals surface area contributed by atoms with Gasteiger partial charge in [-0.1, -0.05) is 15.9 Å². The molecule has 21 heavy (non-hydrogen) atoms. The second-order valence-corrected chi connectivity index (χ2v) is 6.02. The molecule has 0 bridgehead atoms. The van der Waals surface area contributed by atoms with Crippen LogP contribution in [0.5, 0.6) is 0 Å². The fourth-order valence-corrected chi connectivity index (χ4v) is 2.92. The highest BCUT2D eigenvalue weighted by molar-refractivity contribution is 9.10. The second-order valence-electron chi connectivity index (χ2n) is 5.10. The molecule has 1 aliphatic rings. The number of amides is 1. The number of aliphatic hydroxyl groups is 1. The van der Waals surface area contributed by atoms with Gasteiger partial charge in [0.1, 0.15) is 0 Å². The number of halogens is 1. The van der Waals surface area contributed by atoms with Crippen LogP contribution < -0.4 is 4.90 Å². The normalized spacial score (nSPS) is 16.7. The molecule has 1 aromatic carbocycles. The molecule has 1 heterocycles. The Morgan fingerprint density at radius 3 is 2.62 bits per heavy atom. The molecule has 6 nitrogen and oxygen atoms in total. The van der Waals surface area contributed by atoms with Crippen molar-refractivity contribution in [1.29, 1.82) is 0 Å². The molecule has 1 N–H and O–H groups in total. The van der Waals surface area contributed by atoms with Gasteiger partial charge in [0.15, 0.2) is 5.60 Å². The van der Waals surface area contributed by atoms with Crippen LogP contribution in [0.25, 0.3) is 0 Å². The molecule has 0 radical (unpaired) electrons. The van der Waals surface area contributed by atoms with Crippen molar-refractivity contribution in [3.63, 3.8) is 0 Å². The number of Topliss-reactive ketones (excluding diaryl/α,β-unsaturated/α-hetero) is 1. The van der Waals surface area contributed by atoms with Crippen LogP contribution in [0.15, 0.2) is 16.6 Å². The maximum absolute atomic E-state index is 12.1. The van der Waals surface area contributed by atoms with Gasteiger partial charge >= 0.3 is 5.97 Å². The van der Waals surface area contributed by atoms with E-state index in [9.17, 15) is 19.5 Å². The van der Waals surface area contributed by atoms with E-state index in [1.807, 2.05) is 0 Å². The zero-order valence-corrected chi connectivity index (χ0v) is 13.4. The number of nitrogens with zero attached hydrogens (tertiary/aromatic N) is 1. The molecule has 0 aromatic heterocycles. The maximum Gasteiger partial charge on any atom is 0.339 e. The van der Waals surface area contributed by atoms with Gasteiger partial charge in [0.25, 0.3) is 11.7 Å². The van der Waals surface area contributed by atoms with Crippen LogP contribution in [-0.2, 0) is 14.3 Å². The van der Waals surface area contributed by atoms with Crippen molar-refractivity contribution in [3.8, 4) is 0 Å². The Kier molecular flexibility index (Phi) is 3.90. The van der Waals surface area contributed by atoms with Crippen molar-refractivity contribution in [3.05, 3.63) is 27.7 Å². The number of hydrogen-bond acceptors (Lipinski definition) is 5. The van der Waals surface area contributed by atoms with Crippen molar-refractivity contribution < 1.29 is 24.2 Å². The highest BCUT2D eigenvalue weighted by Crippen LogP contribution is 2.35. The predicted molar refractivity (Wildman–Crippen MR) is 78.2 cm³/mol. The van der Waals surface area contributed by atoms with Crippen LogP contribution in [0, 0.1) is 6.92 Å². The first-order chi connectivity index (χ1) is 9.69. The minimum Gasteiger partial charge on any atom is -0.467 e.